The summed E-state index contributed by atoms with van der Waals surface area (Å²) in [6.45, 7) is 0.435. The average Bonchev–Trinajstić information content (AvgIpc) is 3.33. The maximum absolute atomic E-state index is 13.3. The first-order chi connectivity index (χ1) is 14.1. The molecule has 148 valence electrons. The quantitative estimate of drug-likeness (QED) is 0.581. The van der Waals surface area contributed by atoms with E-state index in [0.29, 0.717) is 19.4 Å². The van der Waals surface area contributed by atoms with E-state index < -0.39 is 0 Å². The van der Waals surface area contributed by atoms with Gasteiger partial charge in [-0.25, -0.2) is 0 Å². The van der Waals surface area contributed by atoms with E-state index in [4.69, 9.17) is 0 Å². The molecule has 1 aromatic heterocycles. The number of amides is 3. The predicted octanol–water partition coefficient (Wildman–Crippen LogP) is 3.17. The fourth-order valence-corrected chi connectivity index (χ4v) is 5.73. The first-order valence-corrected chi connectivity index (χ1v) is 10.9. The number of rotatable bonds is 3. The van der Waals surface area contributed by atoms with Gasteiger partial charge in [0.1, 0.15) is 6.54 Å². The third kappa shape index (κ3) is 3.02. The summed E-state index contributed by atoms with van der Waals surface area (Å²) in [6, 6.07) is 11.9. The van der Waals surface area contributed by atoms with Crippen LogP contribution >= 0.6 is 11.3 Å². The molecule has 5 rings (SSSR count). The van der Waals surface area contributed by atoms with Crippen molar-refractivity contribution in [1.82, 2.24) is 9.80 Å². The van der Waals surface area contributed by atoms with E-state index in [1.54, 1.807) is 11.3 Å². The molecule has 0 bridgehead atoms. The van der Waals surface area contributed by atoms with Crippen molar-refractivity contribution in [1.29, 1.82) is 0 Å². The van der Waals surface area contributed by atoms with Crippen LogP contribution in [0.2, 0.25) is 0 Å². The van der Waals surface area contributed by atoms with Crippen molar-refractivity contribution < 1.29 is 14.4 Å². The number of hydrogen-bond donors (Lipinski definition) is 0. The minimum absolute atomic E-state index is 0.159. The number of thiophene rings is 1. The van der Waals surface area contributed by atoms with Crippen LogP contribution in [-0.4, -0.2) is 40.6 Å². The largest absolute Gasteiger partial charge is 0.330 e. The van der Waals surface area contributed by atoms with E-state index in [-0.39, 0.29) is 42.1 Å². The van der Waals surface area contributed by atoms with Crippen molar-refractivity contribution in [3.05, 3.63) is 69.9 Å². The van der Waals surface area contributed by atoms with E-state index in [1.807, 2.05) is 47.4 Å². The Morgan fingerprint density at radius 3 is 2.38 bits per heavy atom. The molecular weight excluding hydrogens is 384 g/mol. The van der Waals surface area contributed by atoms with Gasteiger partial charge in [0.25, 0.3) is 0 Å². The van der Waals surface area contributed by atoms with Crippen LogP contribution in [0.5, 0.6) is 0 Å². The Hall–Kier alpha value is -2.73. The van der Waals surface area contributed by atoms with E-state index >= 15 is 0 Å². The second kappa shape index (κ2) is 7.26. The number of imide groups is 1. The summed E-state index contributed by atoms with van der Waals surface area (Å²) >= 11 is 1.72. The Balaban J connectivity index is 1.42. The molecule has 1 aliphatic carbocycles. The van der Waals surface area contributed by atoms with Gasteiger partial charge in [0.2, 0.25) is 17.7 Å². The topological polar surface area (TPSA) is 57.7 Å². The Morgan fingerprint density at radius 1 is 1.00 bits per heavy atom. The molecule has 2 aromatic rings. The molecule has 0 N–H and O–H groups in total. The van der Waals surface area contributed by atoms with Crippen LogP contribution in [0.15, 0.2) is 53.9 Å². The zero-order valence-electron chi connectivity index (χ0n) is 16.0. The van der Waals surface area contributed by atoms with Crippen molar-refractivity contribution in [3.8, 4) is 0 Å². The lowest BCUT2D eigenvalue weighted by molar-refractivity contribution is -0.147. The van der Waals surface area contributed by atoms with Crippen molar-refractivity contribution >= 4 is 29.1 Å². The van der Waals surface area contributed by atoms with Crippen LogP contribution in [0.4, 0.5) is 0 Å². The van der Waals surface area contributed by atoms with Crippen molar-refractivity contribution in [2.45, 2.75) is 25.3 Å². The van der Waals surface area contributed by atoms with Gasteiger partial charge >= 0.3 is 0 Å². The van der Waals surface area contributed by atoms with E-state index in [9.17, 15) is 14.4 Å². The smallest absolute Gasteiger partial charge is 0.243 e. The minimum Gasteiger partial charge on any atom is -0.330 e. The second-order valence-electron chi connectivity index (χ2n) is 7.87. The second-order valence-corrected chi connectivity index (χ2v) is 8.87. The summed E-state index contributed by atoms with van der Waals surface area (Å²) in [6.07, 6.45) is 5.92. The molecule has 1 saturated heterocycles. The van der Waals surface area contributed by atoms with Gasteiger partial charge in [-0.3, -0.25) is 19.3 Å². The molecule has 1 fully saturated rings. The molecule has 3 unspecified atom stereocenters. The van der Waals surface area contributed by atoms with E-state index in [1.165, 1.54) is 9.78 Å². The minimum atomic E-state index is -0.296. The highest BCUT2D eigenvalue weighted by atomic mass is 32.1. The maximum atomic E-state index is 13.3. The summed E-state index contributed by atoms with van der Waals surface area (Å²) in [5.41, 5.74) is 2.20. The van der Waals surface area contributed by atoms with Gasteiger partial charge in [0.05, 0.1) is 17.9 Å². The molecule has 3 heterocycles. The fraction of sp³-hybridized carbons (Fsp3) is 0.348. The summed E-state index contributed by atoms with van der Waals surface area (Å²) in [7, 11) is 0. The summed E-state index contributed by atoms with van der Waals surface area (Å²) in [5, 5.41) is 2.07. The monoisotopic (exact) mass is 406 g/mol. The van der Waals surface area contributed by atoms with Crippen LogP contribution in [0.1, 0.15) is 34.9 Å². The SMILES string of the molecule is O=C1C2CC=CCC2C(=O)N1CC(=O)N1CCc2sccc2C1c1ccccc1. The summed E-state index contributed by atoms with van der Waals surface area (Å²) < 4.78 is 0. The highest BCUT2D eigenvalue weighted by Gasteiger charge is 2.48. The van der Waals surface area contributed by atoms with Gasteiger partial charge in [-0.05, 0) is 41.8 Å². The Bertz CT molecular complexity index is 971. The zero-order valence-corrected chi connectivity index (χ0v) is 16.8. The number of fused-ring (bicyclic) bond motifs is 2. The number of likely N-dealkylation sites (tertiary alicyclic amines) is 1. The molecule has 29 heavy (non-hydrogen) atoms. The molecule has 1 aromatic carbocycles. The van der Waals surface area contributed by atoms with Gasteiger partial charge < -0.3 is 4.90 Å². The molecule has 6 heteroatoms. The predicted molar refractivity (Wildman–Crippen MR) is 110 cm³/mol. The number of hydrogen-bond acceptors (Lipinski definition) is 4. The summed E-state index contributed by atoms with van der Waals surface area (Å²) in [4.78, 5) is 43.2. The van der Waals surface area contributed by atoms with E-state index in [2.05, 4.69) is 11.4 Å². The lowest BCUT2D eigenvalue weighted by Crippen LogP contribution is -2.47. The molecule has 3 amide bonds. The zero-order chi connectivity index (χ0) is 20.0. The van der Waals surface area contributed by atoms with Crippen LogP contribution in [0, 0.1) is 11.8 Å². The molecule has 3 atom stereocenters. The number of benzene rings is 1. The molecular formula is C23H22N2O3S. The summed E-state index contributed by atoms with van der Waals surface area (Å²) in [5.74, 6) is -1.14. The molecule has 3 aliphatic rings. The number of carbonyl (C=O) groups excluding carboxylic acids is 3. The van der Waals surface area contributed by atoms with Crippen molar-refractivity contribution in [3.63, 3.8) is 0 Å². The van der Waals surface area contributed by atoms with Gasteiger partial charge in [-0.1, -0.05) is 42.5 Å². The molecule has 5 nitrogen and oxygen atoms in total. The molecule has 0 saturated carbocycles. The van der Waals surface area contributed by atoms with Gasteiger partial charge in [-0.2, -0.15) is 0 Å². The van der Waals surface area contributed by atoms with Crippen LogP contribution in [-0.2, 0) is 20.8 Å². The first-order valence-electron chi connectivity index (χ1n) is 10.1. The fourth-order valence-electron chi connectivity index (χ4n) is 4.83. The number of carbonyl (C=O) groups is 3. The van der Waals surface area contributed by atoms with Gasteiger partial charge in [0, 0.05) is 11.4 Å². The first kappa shape index (κ1) is 18.3. The highest BCUT2D eigenvalue weighted by molar-refractivity contribution is 7.10. The number of nitrogens with zero attached hydrogens (tertiary/aromatic N) is 2. The Morgan fingerprint density at radius 2 is 1.69 bits per heavy atom. The lowest BCUT2D eigenvalue weighted by Gasteiger charge is -2.37. The van der Waals surface area contributed by atoms with Crippen molar-refractivity contribution in [2.75, 3.05) is 13.1 Å². The van der Waals surface area contributed by atoms with Crippen LogP contribution in [0.25, 0.3) is 0 Å². The van der Waals surface area contributed by atoms with Crippen LogP contribution < -0.4 is 0 Å². The Kier molecular flexibility index (Phi) is 4.59. The maximum Gasteiger partial charge on any atom is 0.243 e. The number of allylic oxidation sites excluding steroid dienone is 2. The molecule has 2 aliphatic heterocycles. The Labute approximate surface area is 173 Å². The molecule has 0 radical (unpaired) electrons. The van der Waals surface area contributed by atoms with Crippen LogP contribution in [0.3, 0.4) is 0 Å². The van der Waals surface area contributed by atoms with E-state index in [0.717, 1.165) is 17.5 Å². The van der Waals surface area contributed by atoms with Gasteiger partial charge in [-0.15, -0.1) is 11.3 Å². The third-order valence-corrected chi connectivity index (χ3v) is 7.29. The third-order valence-electron chi connectivity index (χ3n) is 6.29. The normalized spacial score (nSPS) is 25.9. The van der Waals surface area contributed by atoms with Gasteiger partial charge in [0.15, 0.2) is 0 Å². The average molecular weight is 407 g/mol. The standard InChI is InChI=1S/C23H22N2O3S/c26-20(14-25-22(27)16-8-4-5-9-17(16)23(25)28)24-12-10-19-18(11-13-29-19)21(24)15-6-2-1-3-7-15/h1-7,11,13,16-17,21H,8-10,12,14H2. The highest BCUT2D eigenvalue weighted by Crippen LogP contribution is 2.39. The lowest BCUT2D eigenvalue weighted by atomic mass is 9.85. The van der Waals surface area contributed by atoms with Crippen molar-refractivity contribution in [2.24, 2.45) is 11.8 Å². The molecule has 0 spiro atoms.